The van der Waals surface area contributed by atoms with E-state index in [0.717, 1.165) is 6.07 Å². The molecule has 5 aromatic rings. The van der Waals surface area contributed by atoms with E-state index in [0.29, 0.717) is 11.5 Å². The molecule has 0 aliphatic rings. The number of hydrogen-bond donors (Lipinski definition) is 5. The number of urea groups is 1. The Morgan fingerprint density at radius 1 is 1.02 bits per heavy atom. The molecule has 256 valence electrons. The normalized spacial score (nSPS) is 11.4. The molecular formula is C32H27F4N5O7S. The average Bonchev–Trinajstić information content (AvgIpc) is 3.72. The number of methoxy groups -OCH3 is 1. The number of alkyl halides is 2. The highest BCUT2D eigenvalue weighted by Crippen LogP contribution is 2.38. The molecule has 0 bridgehead atoms. The van der Waals surface area contributed by atoms with Gasteiger partial charge in [0.15, 0.2) is 17.3 Å². The van der Waals surface area contributed by atoms with Crippen molar-refractivity contribution < 1.29 is 49.9 Å². The van der Waals surface area contributed by atoms with Gasteiger partial charge >= 0.3 is 6.03 Å². The first-order valence-electron chi connectivity index (χ1n) is 13.9. The number of ether oxygens (including phenoxy) is 2. The maximum Gasteiger partial charge on any atom is 0.339 e. The summed E-state index contributed by atoms with van der Waals surface area (Å²) < 4.78 is 92.0. The van der Waals surface area contributed by atoms with Gasteiger partial charge in [0.05, 0.1) is 18.0 Å². The SMILES string of the molecule is CC(C#Cc1ccc(Oc2ccc(F)cc2)o1)NC(=O)NO.COc1ccc(-c2n[nH]c(C(F)F)c2-c2ccc(S(N)(=O)=O)cc2)cc1F. The molecule has 6 N–H and O–H groups in total. The van der Waals surface area contributed by atoms with Crippen LogP contribution < -0.4 is 25.4 Å². The third-order valence-electron chi connectivity index (χ3n) is 6.38. The van der Waals surface area contributed by atoms with Gasteiger partial charge in [0.25, 0.3) is 12.4 Å². The number of nitrogens with zero attached hydrogens (tertiary/aromatic N) is 1. The third kappa shape index (κ3) is 9.60. The van der Waals surface area contributed by atoms with E-state index in [9.17, 15) is 30.8 Å². The monoisotopic (exact) mass is 701 g/mol. The molecule has 5 rings (SSSR count). The quantitative estimate of drug-likeness (QED) is 0.0556. The molecule has 0 spiro atoms. The molecule has 49 heavy (non-hydrogen) atoms. The molecule has 12 nitrogen and oxygen atoms in total. The lowest BCUT2D eigenvalue weighted by Gasteiger charge is -2.08. The number of aromatic amines is 1. The number of benzene rings is 3. The Labute approximate surface area is 276 Å². The van der Waals surface area contributed by atoms with Crippen molar-refractivity contribution in [2.24, 2.45) is 5.14 Å². The summed E-state index contributed by atoms with van der Waals surface area (Å²) in [5.74, 6) is 5.39. The number of amides is 2. The number of H-pyrrole nitrogens is 1. The number of hydroxylamine groups is 1. The minimum atomic E-state index is -3.93. The topological polar surface area (TPSA) is 182 Å². The van der Waals surface area contributed by atoms with Crippen LogP contribution >= 0.6 is 0 Å². The number of sulfonamides is 1. The van der Waals surface area contributed by atoms with Crippen LogP contribution in [0.2, 0.25) is 0 Å². The van der Waals surface area contributed by atoms with Crippen LogP contribution in [0.3, 0.4) is 0 Å². The summed E-state index contributed by atoms with van der Waals surface area (Å²) in [5.41, 5.74) is 1.63. The Kier molecular flexibility index (Phi) is 11.6. The molecular weight excluding hydrogens is 674 g/mol. The zero-order chi connectivity index (χ0) is 35.7. The Hall–Kier alpha value is -5.83. The number of carbonyl (C=O) groups excluding carboxylic acids is 1. The lowest BCUT2D eigenvalue weighted by atomic mass is 9.99. The second-order valence-corrected chi connectivity index (χ2v) is 11.4. The molecule has 0 saturated heterocycles. The Balaban J connectivity index is 0.000000226. The third-order valence-corrected chi connectivity index (χ3v) is 7.31. The Morgan fingerprint density at radius 3 is 2.29 bits per heavy atom. The lowest BCUT2D eigenvalue weighted by Crippen LogP contribution is -2.38. The molecule has 3 aromatic carbocycles. The van der Waals surface area contributed by atoms with Gasteiger partial charge in [-0.25, -0.2) is 41.4 Å². The minimum absolute atomic E-state index is 0.00224. The minimum Gasteiger partial charge on any atom is -0.494 e. The summed E-state index contributed by atoms with van der Waals surface area (Å²) in [6.07, 6.45) is -2.87. The summed E-state index contributed by atoms with van der Waals surface area (Å²) in [4.78, 5) is 10.7. The zero-order valence-corrected chi connectivity index (χ0v) is 26.3. The molecule has 0 aliphatic heterocycles. The number of carbonyl (C=O) groups is 1. The highest BCUT2D eigenvalue weighted by molar-refractivity contribution is 7.89. The van der Waals surface area contributed by atoms with Gasteiger partial charge in [-0.15, -0.1) is 0 Å². The van der Waals surface area contributed by atoms with E-state index >= 15 is 0 Å². The number of nitrogens with one attached hydrogen (secondary N) is 3. The van der Waals surface area contributed by atoms with E-state index in [4.69, 9.17) is 24.2 Å². The average molecular weight is 702 g/mol. The van der Waals surface area contributed by atoms with Crippen LogP contribution in [0.1, 0.15) is 24.8 Å². The van der Waals surface area contributed by atoms with Crippen molar-refractivity contribution in [1.29, 1.82) is 0 Å². The zero-order valence-electron chi connectivity index (χ0n) is 25.5. The van der Waals surface area contributed by atoms with Crippen LogP contribution in [0, 0.1) is 23.5 Å². The van der Waals surface area contributed by atoms with Crippen LogP contribution in [0.15, 0.2) is 88.2 Å². The van der Waals surface area contributed by atoms with Crippen LogP contribution in [0.5, 0.6) is 17.4 Å². The van der Waals surface area contributed by atoms with Gasteiger partial charge in [0, 0.05) is 17.2 Å². The number of halogens is 4. The van der Waals surface area contributed by atoms with Gasteiger partial charge in [-0.1, -0.05) is 18.1 Å². The smallest absolute Gasteiger partial charge is 0.339 e. The van der Waals surface area contributed by atoms with Gasteiger partial charge in [-0.05, 0) is 79.1 Å². The predicted molar refractivity (Wildman–Crippen MR) is 167 cm³/mol. The second-order valence-electron chi connectivity index (χ2n) is 9.83. The number of rotatable bonds is 8. The van der Waals surface area contributed by atoms with E-state index in [2.05, 4.69) is 27.4 Å². The van der Waals surface area contributed by atoms with Crippen molar-refractivity contribution in [3.05, 3.63) is 102 Å². The summed E-state index contributed by atoms with van der Waals surface area (Å²) in [6, 6.07) is 16.5. The molecule has 17 heteroatoms. The summed E-state index contributed by atoms with van der Waals surface area (Å²) in [7, 11) is -2.62. The van der Waals surface area contributed by atoms with Crippen molar-refractivity contribution in [3.8, 4) is 51.7 Å². The molecule has 0 radical (unpaired) electrons. The number of hydrogen-bond acceptors (Lipinski definition) is 8. The summed E-state index contributed by atoms with van der Waals surface area (Å²) in [6.45, 7) is 1.64. The predicted octanol–water partition coefficient (Wildman–Crippen LogP) is 6.12. The first-order chi connectivity index (χ1) is 23.3. The largest absolute Gasteiger partial charge is 0.494 e. The molecule has 1 atom stereocenters. The lowest BCUT2D eigenvalue weighted by molar-refractivity contribution is 0.146. The number of nitrogens with two attached hydrogens (primary N) is 1. The van der Waals surface area contributed by atoms with Gasteiger partial charge in [0.1, 0.15) is 23.0 Å². The van der Waals surface area contributed by atoms with Crippen molar-refractivity contribution in [2.75, 3.05) is 7.11 Å². The number of furan rings is 1. The number of primary sulfonamides is 1. The second kappa shape index (κ2) is 15.8. The maximum absolute atomic E-state index is 14.0. The fraction of sp³-hybridized carbons (Fsp3) is 0.125. The van der Waals surface area contributed by atoms with Gasteiger partial charge in [0.2, 0.25) is 10.0 Å². The summed E-state index contributed by atoms with van der Waals surface area (Å²) >= 11 is 0. The highest BCUT2D eigenvalue weighted by Gasteiger charge is 2.24. The van der Waals surface area contributed by atoms with E-state index in [1.165, 1.54) is 73.3 Å². The first kappa shape index (κ1) is 36.0. The molecule has 0 aliphatic carbocycles. The van der Waals surface area contributed by atoms with Crippen molar-refractivity contribution in [2.45, 2.75) is 24.3 Å². The van der Waals surface area contributed by atoms with Crippen LogP contribution in [-0.2, 0) is 10.0 Å². The molecule has 2 heterocycles. The molecule has 0 saturated carbocycles. The molecule has 0 fully saturated rings. The van der Waals surface area contributed by atoms with Gasteiger partial charge in [-0.3, -0.25) is 10.3 Å². The van der Waals surface area contributed by atoms with Crippen molar-refractivity contribution in [1.82, 2.24) is 21.0 Å². The molecule has 1 unspecified atom stereocenters. The van der Waals surface area contributed by atoms with E-state index in [-0.39, 0.29) is 44.8 Å². The molecule has 2 amide bonds. The van der Waals surface area contributed by atoms with Crippen LogP contribution in [0.4, 0.5) is 22.4 Å². The Morgan fingerprint density at radius 2 is 1.69 bits per heavy atom. The van der Waals surface area contributed by atoms with Gasteiger partial charge < -0.3 is 19.2 Å². The fourth-order valence-corrected chi connectivity index (χ4v) is 4.66. The van der Waals surface area contributed by atoms with Crippen molar-refractivity contribution in [3.63, 3.8) is 0 Å². The fourth-order valence-electron chi connectivity index (χ4n) is 4.14. The molecule has 2 aromatic heterocycles. The Bertz CT molecular complexity index is 2080. The van der Waals surface area contributed by atoms with Crippen LogP contribution in [-0.4, -0.2) is 43.0 Å². The van der Waals surface area contributed by atoms with E-state index in [1.807, 2.05) is 0 Å². The standard InChI is InChI=1S/C17H14F3N3O3S.C15H13FN2O4/c1-26-13-7-4-10(8-12(13)18)15-14(16(17(19)20)23-22-15)9-2-5-11(6-3-9)27(21,24)25;1-10(17-15(19)18-20)2-5-12-8-9-14(21-12)22-13-6-3-11(16)4-7-13/h2-8,17H,1H3,(H,22,23)(H2,21,24,25);3-4,6-10,20H,1H3,(H2,17,18,19). The van der Waals surface area contributed by atoms with Gasteiger partial charge in [-0.2, -0.15) is 5.10 Å². The van der Waals surface area contributed by atoms with Crippen LogP contribution in [0.25, 0.3) is 22.4 Å². The van der Waals surface area contributed by atoms with E-state index in [1.54, 1.807) is 19.1 Å². The maximum atomic E-state index is 14.0. The first-order valence-corrected chi connectivity index (χ1v) is 15.4. The number of aromatic nitrogens is 2. The highest BCUT2D eigenvalue weighted by atomic mass is 32.2. The van der Waals surface area contributed by atoms with Crippen molar-refractivity contribution >= 4 is 16.1 Å². The summed E-state index contributed by atoms with van der Waals surface area (Å²) in [5, 5.41) is 21.9. The van der Waals surface area contributed by atoms with E-state index < -0.39 is 40.0 Å².